The fourth-order valence-electron chi connectivity index (χ4n) is 5.40. The molecular formula is C26H32N6O2. The zero-order chi connectivity index (χ0) is 23.7. The van der Waals surface area contributed by atoms with Crippen LogP contribution in [0, 0.1) is 17.8 Å². The number of likely N-dealkylation sites (tertiary alicyclic amines) is 1. The van der Waals surface area contributed by atoms with Crippen molar-refractivity contribution in [2.75, 3.05) is 25.4 Å². The Morgan fingerprint density at radius 1 is 1.18 bits per heavy atom. The molecule has 34 heavy (non-hydrogen) atoms. The normalized spacial score (nSPS) is 22.3. The third kappa shape index (κ3) is 4.55. The second-order valence-electron chi connectivity index (χ2n) is 9.87. The van der Waals surface area contributed by atoms with E-state index in [1.54, 1.807) is 12.1 Å². The molecule has 2 aliphatic rings. The Bertz CT molecular complexity index is 1150. The molecule has 0 bridgehead atoms. The monoisotopic (exact) mass is 460 g/mol. The summed E-state index contributed by atoms with van der Waals surface area (Å²) in [7, 11) is 0. The number of aldehydes is 1. The van der Waals surface area contributed by atoms with E-state index in [1.807, 2.05) is 35.3 Å². The molecule has 0 unspecified atom stereocenters. The van der Waals surface area contributed by atoms with E-state index in [-0.39, 0.29) is 11.8 Å². The quantitative estimate of drug-likeness (QED) is 0.516. The van der Waals surface area contributed by atoms with Crippen molar-refractivity contribution in [2.24, 2.45) is 17.8 Å². The SMILES string of the molecule is C[C@@H](C1CCN(CC2CC(C=O)C2)CC1)n1cc(-c2cc(-c3ccccc3O)nnc2N)cn1. The van der Waals surface area contributed by atoms with Crippen LogP contribution in [0.1, 0.15) is 38.6 Å². The maximum absolute atomic E-state index is 10.8. The average molecular weight is 461 g/mol. The second-order valence-corrected chi connectivity index (χ2v) is 9.87. The highest BCUT2D eigenvalue weighted by atomic mass is 16.3. The van der Waals surface area contributed by atoms with Crippen LogP contribution in [0.4, 0.5) is 5.82 Å². The topological polar surface area (TPSA) is 110 Å². The van der Waals surface area contributed by atoms with Gasteiger partial charge in [-0.15, -0.1) is 10.2 Å². The average Bonchev–Trinajstić information content (AvgIpc) is 3.32. The van der Waals surface area contributed by atoms with Crippen LogP contribution in [0.5, 0.6) is 5.75 Å². The molecule has 8 heteroatoms. The number of hydrogen-bond donors (Lipinski definition) is 2. The molecule has 3 N–H and O–H groups in total. The van der Waals surface area contributed by atoms with Crippen LogP contribution in [-0.4, -0.2) is 55.9 Å². The predicted octanol–water partition coefficient (Wildman–Crippen LogP) is 3.79. The summed E-state index contributed by atoms with van der Waals surface area (Å²) in [5.41, 5.74) is 9.00. The molecule has 2 fully saturated rings. The first-order chi connectivity index (χ1) is 16.5. The Labute approximate surface area is 199 Å². The van der Waals surface area contributed by atoms with Gasteiger partial charge in [0, 0.05) is 35.3 Å². The van der Waals surface area contributed by atoms with E-state index in [2.05, 4.69) is 27.1 Å². The smallest absolute Gasteiger partial charge is 0.154 e. The highest BCUT2D eigenvalue weighted by molar-refractivity contribution is 5.78. The van der Waals surface area contributed by atoms with Gasteiger partial charge in [0.1, 0.15) is 12.0 Å². The van der Waals surface area contributed by atoms with Gasteiger partial charge in [-0.2, -0.15) is 5.10 Å². The molecule has 1 saturated heterocycles. The number of aromatic hydroxyl groups is 1. The van der Waals surface area contributed by atoms with Crippen LogP contribution in [0.15, 0.2) is 42.7 Å². The van der Waals surface area contributed by atoms with Gasteiger partial charge in [0.2, 0.25) is 0 Å². The van der Waals surface area contributed by atoms with Crippen molar-refractivity contribution in [3.05, 3.63) is 42.7 Å². The van der Waals surface area contributed by atoms with Gasteiger partial charge in [0.25, 0.3) is 0 Å². The van der Waals surface area contributed by atoms with Crippen LogP contribution in [-0.2, 0) is 4.79 Å². The zero-order valence-electron chi connectivity index (χ0n) is 19.5. The third-order valence-corrected chi connectivity index (χ3v) is 7.63. The number of nitrogens with two attached hydrogens (primary N) is 1. The highest BCUT2D eigenvalue weighted by Gasteiger charge is 2.32. The Kier molecular flexibility index (Phi) is 6.32. The van der Waals surface area contributed by atoms with Crippen LogP contribution >= 0.6 is 0 Å². The molecule has 0 amide bonds. The van der Waals surface area contributed by atoms with E-state index in [1.165, 1.54) is 0 Å². The van der Waals surface area contributed by atoms with E-state index < -0.39 is 0 Å². The van der Waals surface area contributed by atoms with E-state index in [0.717, 1.165) is 62.7 Å². The Hall–Kier alpha value is -3.26. The number of nitrogen functional groups attached to an aromatic ring is 1. The van der Waals surface area contributed by atoms with Gasteiger partial charge in [0.15, 0.2) is 5.82 Å². The zero-order valence-corrected chi connectivity index (χ0v) is 19.5. The molecule has 1 aliphatic heterocycles. The number of piperidine rings is 1. The lowest BCUT2D eigenvalue weighted by Gasteiger charge is -2.40. The number of anilines is 1. The van der Waals surface area contributed by atoms with Crippen LogP contribution in [0.3, 0.4) is 0 Å². The number of phenols is 1. The molecular weight excluding hydrogens is 428 g/mol. The lowest BCUT2D eigenvalue weighted by atomic mass is 9.75. The molecule has 1 aliphatic carbocycles. The van der Waals surface area contributed by atoms with Gasteiger partial charge in [-0.05, 0) is 75.7 Å². The number of phenolic OH excluding ortho intramolecular Hbond substituents is 1. The van der Waals surface area contributed by atoms with Gasteiger partial charge in [-0.1, -0.05) is 12.1 Å². The van der Waals surface area contributed by atoms with Crippen molar-refractivity contribution < 1.29 is 9.90 Å². The minimum atomic E-state index is 0.157. The number of carbonyl (C=O) groups is 1. The summed E-state index contributed by atoms with van der Waals surface area (Å²) in [6.07, 6.45) is 9.40. The standard InChI is InChI=1S/C26H32N6O2/c1-17(20-6-8-31(9-7-20)14-18-10-19(11-18)16-33)32-15-21(13-28-32)23-12-24(29-30-26(23)27)22-4-2-3-5-25(22)34/h2-5,12-13,15-20,34H,6-11,14H2,1H3,(H2,27,30)/t17-,18?,19?/m0/s1. The summed E-state index contributed by atoms with van der Waals surface area (Å²) >= 11 is 0. The molecule has 8 nitrogen and oxygen atoms in total. The summed E-state index contributed by atoms with van der Waals surface area (Å²) in [6.45, 7) is 5.58. The summed E-state index contributed by atoms with van der Waals surface area (Å²) in [5, 5.41) is 23.1. The first-order valence-electron chi connectivity index (χ1n) is 12.2. The third-order valence-electron chi connectivity index (χ3n) is 7.63. The molecule has 0 radical (unpaired) electrons. The van der Waals surface area contributed by atoms with Crippen LogP contribution < -0.4 is 5.73 Å². The molecule has 1 aromatic carbocycles. The van der Waals surface area contributed by atoms with E-state index in [4.69, 9.17) is 5.73 Å². The lowest BCUT2D eigenvalue weighted by molar-refractivity contribution is -0.114. The van der Waals surface area contributed by atoms with Crippen molar-refractivity contribution >= 4 is 12.1 Å². The Morgan fingerprint density at radius 2 is 1.94 bits per heavy atom. The fourth-order valence-corrected chi connectivity index (χ4v) is 5.40. The van der Waals surface area contributed by atoms with Crippen molar-refractivity contribution in [3.8, 4) is 28.1 Å². The summed E-state index contributed by atoms with van der Waals surface area (Å²) < 4.78 is 2.04. The molecule has 3 aromatic rings. The van der Waals surface area contributed by atoms with Gasteiger partial charge in [-0.3, -0.25) is 4.68 Å². The Balaban J connectivity index is 1.24. The molecule has 178 valence electrons. The van der Waals surface area contributed by atoms with E-state index in [9.17, 15) is 9.90 Å². The number of benzene rings is 1. The van der Waals surface area contributed by atoms with Crippen LogP contribution in [0.25, 0.3) is 22.4 Å². The van der Waals surface area contributed by atoms with Gasteiger partial charge < -0.3 is 20.5 Å². The highest BCUT2D eigenvalue weighted by Crippen LogP contribution is 2.36. The first kappa shape index (κ1) is 22.5. The molecule has 2 aromatic heterocycles. The number of nitrogens with zero attached hydrogens (tertiary/aromatic N) is 5. The number of aromatic nitrogens is 4. The maximum Gasteiger partial charge on any atom is 0.154 e. The van der Waals surface area contributed by atoms with Gasteiger partial charge >= 0.3 is 0 Å². The maximum atomic E-state index is 10.8. The van der Waals surface area contributed by atoms with Crippen molar-refractivity contribution in [2.45, 2.75) is 38.6 Å². The number of para-hydroxylation sites is 1. The largest absolute Gasteiger partial charge is 0.507 e. The van der Waals surface area contributed by atoms with Gasteiger partial charge in [-0.25, -0.2) is 0 Å². The number of hydrogen-bond acceptors (Lipinski definition) is 7. The predicted molar refractivity (Wildman–Crippen MR) is 131 cm³/mol. The minimum Gasteiger partial charge on any atom is -0.507 e. The summed E-state index contributed by atoms with van der Waals surface area (Å²) in [4.78, 5) is 13.4. The van der Waals surface area contributed by atoms with Crippen LogP contribution in [0.2, 0.25) is 0 Å². The summed E-state index contributed by atoms with van der Waals surface area (Å²) in [5.74, 6) is 2.06. The first-order valence-corrected chi connectivity index (χ1v) is 12.2. The van der Waals surface area contributed by atoms with Gasteiger partial charge in [0.05, 0.1) is 17.9 Å². The van der Waals surface area contributed by atoms with Crippen molar-refractivity contribution in [3.63, 3.8) is 0 Å². The number of carbonyl (C=O) groups excluding carboxylic acids is 1. The Morgan fingerprint density at radius 3 is 2.68 bits per heavy atom. The molecule has 3 heterocycles. The fraction of sp³-hybridized carbons (Fsp3) is 0.462. The van der Waals surface area contributed by atoms with E-state index >= 15 is 0 Å². The lowest BCUT2D eigenvalue weighted by Crippen LogP contribution is -2.42. The summed E-state index contributed by atoms with van der Waals surface area (Å²) in [6, 6.07) is 9.21. The second kappa shape index (κ2) is 9.54. The van der Waals surface area contributed by atoms with Crippen molar-refractivity contribution in [1.82, 2.24) is 24.9 Å². The molecule has 1 saturated carbocycles. The molecule has 5 rings (SSSR count). The molecule has 1 atom stereocenters. The van der Waals surface area contributed by atoms with Crippen molar-refractivity contribution in [1.29, 1.82) is 0 Å². The minimum absolute atomic E-state index is 0.157. The molecule has 0 spiro atoms. The number of rotatable bonds is 7. The van der Waals surface area contributed by atoms with E-state index in [0.29, 0.717) is 34.8 Å².